The molecule has 19 heavy (non-hydrogen) atoms. The first-order valence-corrected chi connectivity index (χ1v) is 6.24. The molecule has 2 nitrogen and oxygen atoms in total. The normalized spacial score (nSPS) is 10.5. The molecule has 0 amide bonds. The minimum atomic E-state index is -0.225. The molecule has 2 rings (SSSR count). The van der Waals surface area contributed by atoms with Crippen molar-refractivity contribution in [3.05, 3.63) is 58.9 Å². The summed E-state index contributed by atoms with van der Waals surface area (Å²) in [6.07, 6.45) is 0. The summed E-state index contributed by atoms with van der Waals surface area (Å²) < 4.78 is 13.7. The third-order valence-electron chi connectivity index (χ3n) is 3.23. The van der Waals surface area contributed by atoms with Gasteiger partial charge in [-0.3, -0.25) is 0 Å². The molecule has 2 aromatic rings. The van der Waals surface area contributed by atoms with Gasteiger partial charge in [-0.2, -0.15) is 0 Å². The molecule has 0 aliphatic heterocycles. The highest BCUT2D eigenvalue weighted by Gasteiger charge is 2.09. The fraction of sp³-hybridized carbons (Fsp3) is 0.250. The molecule has 1 N–H and O–H groups in total. The zero-order valence-electron chi connectivity index (χ0n) is 11.4. The first-order valence-electron chi connectivity index (χ1n) is 6.24. The number of para-hydroxylation sites is 1. The minimum absolute atomic E-state index is 0.225. The Balaban J connectivity index is 2.24. The Morgan fingerprint density at radius 3 is 2.26 bits per heavy atom. The van der Waals surface area contributed by atoms with Gasteiger partial charge >= 0.3 is 0 Å². The smallest absolute Gasteiger partial charge is 0.146 e. The number of anilines is 1. The first-order chi connectivity index (χ1) is 8.99. The lowest BCUT2D eigenvalue weighted by molar-refractivity contribution is 0.466. The number of phenols is 1. The number of hydrogen-bond acceptors (Lipinski definition) is 2. The number of nitrogens with zero attached hydrogens (tertiary/aromatic N) is 1. The molecule has 0 aromatic heterocycles. The lowest BCUT2D eigenvalue weighted by Crippen LogP contribution is -2.17. The van der Waals surface area contributed by atoms with E-state index in [2.05, 4.69) is 0 Å². The average Bonchev–Trinajstić information content (AvgIpc) is 2.36. The lowest BCUT2D eigenvalue weighted by atomic mass is 10.1. The van der Waals surface area contributed by atoms with Gasteiger partial charge in [-0.05, 0) is 42.7 Å². The highest BCUT2D eigenvalue weighted by Crippen LogP contribution is 2.25. The van der Waals surface area contributed by atoms with Gasteiger partial charge in [0.15, 0.2) is 0 Å². The highest BCUT2D eigenvalue weighted by atomic mass is 19.1. The Hall–Kier alpha value is -2.03. The zero-order chi connectivity index (χ0) is 14.0. The van der Waals surface area contributed by atoms with E-state index in [0.717, 1.165) is 16.7 Å². The molecule has 0 unspecified atom stereocenters. The molecule has 0 saturated heterocycles. The molecule has 0 spiro atoms. The molecular weight excluding hydrogens is 241 g/mol. The second-order valence-electron chi connectivity index (χ2n) is 4.89. The monoisotopic (exact) mass is 259 g/mol. The summed E-state index contributed by atoms with van der Waals surface area (Å²) in [4.78, 5) is 1.86. The Morgan fingerprint density at radius 1 is 1.11 bits per heavy atom. The van der Waals surface area contributed by atoms with Crippen molar-refractivity contribution < 1.29 is 9.50 Å². The largest absolute Gasteiger partial charge is 0.507 e. The second-order valence-corrected chi connectivity index (χ2v) is 4.89. The first kappa shape index (κ1) is 13.4. The molecule has 0 saturated carbocycles. The Bertz CT molecular complexity index is 572. The van der Waals surface area contributed by atoms with E-state index in [4.69, 9.17) is 0 Å². The third kappa shape index (κ3) is 2.87. The molecule has 3 heteroatoms. The van der Waals surface area contributed by atoms with Gasteiger partial charge in [0.05, 0.1) is 5.69 Å². The maximum absolute atomic E-state index is 13.7. The maximum atomic E-state index is 13.7. The summed E-state index contributed by atoms with van der Waals surface area (Å²) in [7, 11) is 1.86. The van der Waals surface area contributed by atoms with Crippen LogP contribution < -0.4 is 4.90 Å². The fourth-order valence-corrected chi connectivity index (χ4v) is 2.26. The summed E-state index contributed by atoms with van der Waals surface area (Å²) in [5, 5.41) is 9.75. The maximum Gasteiger partial charge on any atom is 0.146 e. The van der Waals surface area contributed by atoms with Gasteiger partial charge in [0, 0.05) is 13.6 Å². The van der Waals surface area contributed by atoms with Crippen molar-refractivity contribution in [1.29, 1.82) is 0 Å². The average molecular weight is 259 g/mol. The van der Waals surface area contributed by atoms with Crippen LogP contribution in [-0.2, 0) is 6.54 Å². The van der Waals surface area contributed by atoms with Crippen molar-refractivity contribution in [1.82, 2.24) is 0 Å². The van der Waals surface area contributed by atoms with Crippen molar-refractivity contribution in [2.75, 3.05) is 11.9 Å². The Kier molecular flexibility index (Phi) is 3.74. The minimum Gasteiger partial charge on any atom is -0.507 e. The zero-order valence-corrected chi connectivity index (χ0v) is 11.4. The SMILES string of the molecule is Cc1cc(CN(C)c2ccccc2F)cc(C)c1O. The van der Waals surface area contributed by atoms with E-state index in [1.165, 1.54) is 6.07 Å². The summed E-state index contributed by atoms with van der Waals surface area (Å²) >= 11 is 0. The quantitative estimate of drug-likeness (QED) is 0.906. The summed E-state index contributed by atoms with van der Waals surface area (Å²) in [5.41, 5.74) is 3.32. The molecule has 0 aliphatic carbocycles. The van der Waals surface area contributed by atoms with Gasteiger partial charge in [0.1, 0.15) is 11.6 Å². The van der Waals surface area contributed by atoms with Crippen molar-refractivity contribution >= 4 is 5.69 Å². The van der Waals surface area contributed by atoms with Crippen LogP contribution in [0, 0.1) is 19.7 Å². The van der Waals surface area contributed by atoms with E-state index in [1.54, 1.807) is 12.1 Å². The van der Waals surface area contributed by atoms with E-state index < -0.39 is 0 Å². The number of phenolic OH excluding ortho intramolecular Hbond substituents is 1. The molecule has 0 heterocycles. The molecule has 100 valence electrons. The van der Waals surface area contributed by atoms with E-state index in [0.29, 0.717) is 18.0 Å². The van der Waals surface area contributed by atoms with Crippen molar-refractivity contribution in [3.63, 3.8) is 0 Å². The summed E-state index contributed by atoms with van der Waals surface area (Å²) in [6.45, 7) is 4.34. The number of hydrogen-bond donors (Lipinski definition) is 1. The number of aromatic hydroxyl groups is 1. The van der Waals surface area contributed by atoms with Gasteiger partial charge in [0.25, 0.3) is 0 Å². The number of rotatable bonds is 3. The van der Waals surface area contributed by atoms with Crippen molar-refractivity contribution in [2.24, 2.45) is 0 Å². The predicted octanol–water partition coefficient (Wildman–Crippen LogP) is 3.78. The summed E-state index contributed by atoms with van der Waals surface area (Å²) in [5.74, 6) is 0.106. The van der Waals surface area contributed by atoms with Gasteiger partial charge in [-0.25, -0.2) is 4.39 Å². The standard InChI is InChI=1S/C16H18FNO/c1-11-8-13(9-12(2)16(11)19)10-18(3)15-7-5-4-6-14(15)17/h4-9,19H,10H2,1-3H3. The second kappa shape index (κ2) is 5.31. The van der Waals surface area contributed by atoms with Crippen molar-refractivity contribution in [3.8, 4) is 5.75 Å². The molecule has 2 aromatic carbocycles. The molecule has 0 bridgehead atoms. The van der Waals surface area contributed by atoms with Crippen molar-refractivity contribution in [2.45, 2.75) is 20.4 Å². The fourth-order valence-electron chi connectivity index (χ4n) is 2.26. The van der Waals surface area contributed by atoms with Crippen LogP contribution in [0.4, 0.5) is 10.1 Å². The van der Waals surface area contributed by atoms with Crippen LogP contribution >= 0.6 is 0 Å². The molecule has 0 aliphatic rings. The van der Waals surface area contributed by atoms with Crippen LogP contribution in [0.5, 0.6) is 5.75 Å². The van der Waals surface area contributed by atoms with Gasteiger partial charge in [-0.15, -0.1) is 0 Å². The molecule has 0 radical (unpaired) electrons. The number of benzene rings is 2. The highest BCUT2D eigenvalue weighted by molar-refractivity contribution is 5.49. The lowest BCUT2D eigenvalue weighted by Gasteiger charge is -2.20. The van der Waals surface area contributed by atoms with E-state index in [9.17, 15) is 9.50 Å². The molecule has 0 fully saturated rings. The molecule has 0 atom stereocenters. The van der Waals surface area contributed by atoms with Crippen LogP contribution in [0.2, 0.25) is 0 Å². The summed E-state index contributed by atoms with van der Waals surface area (Å²) in [6, 6.07) is 10.6. The van der Waals surface area contributed by atoms with E-state index in [-0.39, 0.29) is 5.82 Å². The van der Waals surface area contributed by atoms with Gasteiger partial charge in [0.2, 0.25) is 0 Å². The number of halogens is 1. The van der Waals surface area contributed by atoms with Crippen LogP contribution in [0.25, 0.3) is 0 Å². The van der Waals surface area contributed by atoms with Crippen LogP contribution in [-0.4, -0.2) is 12.2 Å². The predicted molar refractivity (Wildman–Crippen MR) is 76.1 cm³/mol. The Labute approximate surface area is 113 Å². The van der Waals surface area contributed by atoms with Crippen LogP contribution in [0.3, 0.4) is 0 Å². The van der Waals surface area contributed by atoms with Gasteiger partial charge < -0.3 is 10.0 Å². The number of aryl methyl sites for hydroxylation is 2. The molecular formula is C16H18FNO. The van der Waals surface area contributed by atoms with E-state index in [1.807, 2.05) is 44.0 Å². The third-order valence-corrected chi connectivity index (χ3v) is 3.23. The topological polar surface area (TPSA) is 23.5 Å². The van der Waals surface area contributed by atoms with Gasteiger partial charge in [-0.1, -0.05) is 24.3 Å². The van der Waals surface area contributed by atoms with Crippen LogP contribution in [0.1, 0.15) is 16.7 Å². The Morgan fingerprint density at radius 2 is 1.68 bits per heavy atom. The van der Waals surface area contributed by atoms with Crippen LogP contribution in [0.15, 0.2) is 36.4 Å². The van der Waals surface area contributed by atoms with E-state index >= 15 is 0 Å².